The van der Waals surface area contributed by atoms with Crippen LogP contribution in [0.2, 0.25) is 0 Å². The van der Waals surface area contributed by atoms with Crippen molar-refractivity contribution >= 4 is 0 Å². The Kier molecular flexibility index (Phi) is 2.89. The molecule has 0 amide bonds. The molecule has 0 atom stereocenters. The summed E-state index contributed by atoms with van der Waals surface area (Å²) in [7, 11) is 0. The van der Waals surface area contributed by atoms with E-state index in [2.05, 4.69) is 16.8 Å². The van der Waals surface area contributed by atoms with Crippen LogP contribution in [0.5, 0.6) is 0 Å². The van der Waals surface area contributed by atoms with E-state index in [0.29, 0.717) is 0 Å². The molecule has 0 radical (unpaired) electrons. The van der Waals surface area contributed by atoms with Gasteiger partial charge in [-0.25, -0.2) is 0 Å². The molecule has 1 fully saturated rings. The highest BCUT2D eigenvalue weighted by molar-refractivity contribution is 5.16. The second-order valence-electron chi connectivity index (χ2n) is 5.06. The summed E-state index contributed by atoms with van der Waals surface area (Å²) in [5, 5.41) is 3.38. The average Bonchev–Trinajstić information content (AvgIpc) is 2.16. The van der Waals surface area contributed by atoms with Crippen LogP contribution >= 0.6 is 0 Å². The fourth-order valence-electron chi connectivity index (χ4n) is 2.90. The summed E-state index contributed by atoms with van der Waals surface area (Å²) >= 11 is 0. The molecule has 0 unspecified atom stereocenters. The van der Waals surface area contributed by atoms with Crippen LogP contribution in [-0.4, -0.2) is 17.7 Å². The van der Waals surface area contributed by atoms with E-state index in [0.717, 1.165) is 37.3 Å². The van der Waals surface area contributed by atoms with E-state index in [1.54, 1.807) is 12.1 Å². The third-order valence-corrected chi connectivity index (χ3v) is 3.63. The van der Waals surface area contributed by atoms with Crippen LogP contribution in [0.3, 0.4) is 0 Å². The zero-order valence-electron chi connectivity index (χ0n) is 10.3. The molecule has 2 heterocycles. The average molecular weight is 220 g/mol. The lowest BCUT2D eigenvalue weighted by Gasteiger charge is -2.39. The molecule has 1 aliphatic heterocycles. The Morgan fingerprint density at radius 1 is 1.19 bits per heavy atom. The van der Waals surface area contributed by atoms with Crippen molar-refractivity contribution in [3.63, 3.8) is 0 Å². The van der Waals surface area contributed by atoms with Crippen molar-refractivity contribution in [1.29, 1.82) is 0 Å². The van der Waals surface area contributed by atoms with Crippen molar-refractivity contribution in [2.24, 2.45) is 0 Å². The largest absolute Gasteiger partial charge is 0.343 e. The minimum atomic E-state index is 0.115. The molecule has 1 N–H and O–H groups in total. The predicted molar refractivity (Wildman–Crippen MR) is 65.9 cm³/mol. The van der Waals surface area contributed by atoms with Crippen molar-refractivity contribution in [2.45, 2.75) is 39.2 Å². The minimum Gasteiger partial charge on any atom is -0.343 e. The minimum absolute atomic E-state index is 0.115. The van der Waals surface area contributed by atoms with Gasteiger partial charge in [0.15, 0.2) is 5.43 Å². The highest BCUT2D eigenvalue weighted by Crippen LogP contribution is 2.29. The Bertz CT molecular complexity index is 415. The number of piperidine rings is 1. The van der Waals surface area contributed by atoms with Crippen molar-refractivity contribution < 1.29 is 0 Å². The monoisotopic (exact) mass is 220 g/mol. The molecule has 0 bridgehead atoms. The summed E-state index contributed by atoms with van der Waals surface area (Å²) in [6.45, 7) is 8.46. The molecule has 1 saturated heterocycles. The molecular formula is C13H20N2O. The molecule has 0 saturated carbocycles. The summed E-state index contributed by atoms with van der Waals surface area (Å²) in [5.74, 6) is 0. The SMILES string of the molecule is Cc1cc(=O)cc(C)n1C1(C)CCNCC1. The lowest BCUT2D eigenvalue weighted by molar-refractivity contribution is 0.222. The second kappa shape index (κ2) is 4.06. The van der Waals surface area contributed by atoms with Gasteiger partial charge in [-0.15, -0.1) is 0 Å². The van der Waals surface area contributed by atoms with E-state index in [1.165, 1.54) is 0 Å². The van der Waals surface area contributed by atoms with E-state index in [1.807, 2.05) is 13.8 Å². The molecule has 0 aromatic carbocycles. The third-order valence-electron chi connectivity index (χ3n) is 3.63. The van der Waals surface area contributed by atoms with E-state index in [4.69, 9.17) is 0 Å². The van der Waals surface area contributed by atoms with Gasteiger partial charge >= 0.3 is 0 Å². The maximum atomic E-state index is 11.4. The third kappa shape index (κ3) is 1.92. The Labute approximate surface area is 96.5 Å². The molecule has 3 nitrogen and oxygen atoms in total. The van der Waals surface area contributed by atoms with Gasteiger partial charge in [0.25, 0.3) is 0 Å². The summed E-state index contributed by atoms with van der Waals surface area (Å²) in [4.78, 5) is 11.4. The predicted octanol–water partition coefficient (Wildman–Crippen LogP) is 1.56. The highest BCUT2D eigenvalue weighted by atomic mass is 16.1. The summed E-state index contributed by atoms with van der Waals surface area (Å²) in [6, 6.07) is 3.47. The van der Waals surface area contributed by atoms with E-state index >= 15 is 0 Å². The lowest BCUT2D eigenvalue weighted by atomic mass is 9.89. The summed E-state index contributed by atoms with van der Waals surface area (Å²) < 4.78 is 2.33. The Hall–Kier alpha value is -1.09. The first-order chi connectivity index (χ1) is 7.53. The van der Waals surface area contributed by atoms with Gasteiger partial charge in [-0.2, -0.15) is 0 Å². The molecular weight excluding hydrogens is 200 g/mol. The topological polar surface area (TPSA) is 34.0 Å². The number of aromatic nitrogens is 1. The number of hydrogen-bond acceptors (Lipinski definition) is 2. The standard InChI is InChI=1S/C13H20N2O/c1-10-8-12(16)9-11(2)15(10)13(3)4-6-14-7-5-13/h8-9,14H,4-7H2,1-3H3. The van der Waals surface area contributed by atoms with Crippen LogP contribution in [0, 0.1) is 13.8 Å². The van der Waals surface area contributed by atoms with Gasteiger partial charge in [0.05, 0.1) is 0 Å². The molecule has 16 heavy (non-hydrogen) atoms. The van der Waals surface area contributed by atoms with Crippen LogP contribution in [0.25, 0.3) is 0 Å². The van der Waals surface area contributed by atoms with Crippen LogP contribution in [-0.2, 0) is 5.54 Å². The molecule has 1 aromatic heterocycles. The maximum Gasteiger partial charge on any atom is 0.182 e. The number of aryl methyl sites for hydroxylation is 2. The summed E-state index contributed by atoms with van der Waals surface area (Å²) in [5.41, 5.74) is 2.43. The summed E-state index contributed by atoms with van der Waals surface area (Å²) in [6.07, 6.45) is 2.25. The number of rotatable bonds is 1. The molecule has 1 aromatic rings. The number of nitrogens with one attached hydrogen (secondary N) is 1. The molecule has 0 aliphatic carbocycles. The van der Waals surface area contributed by atoms with Gasteiger partial charge in [0.1, 0.15) is 0 Å². The Morgan fingerprint density at radius 2 is 1.69 bits per heavy atom. The van der Waals surface area contributed by atoms with Crippen LogP contribution in [0.1, 0.15) is 31.2 Å². The van der Waals surface area contributed by atoms with Gasteiger partial charge in [0, 0.05) is 29.1 Å². The molecule has 1 aliphatic rings. The zero-order chi connectivity index (χ0) is 11.8. The van der Waals surface area contributed by atoms with E-state index in [-0.39, 0.29) is 11.0 Å². The van der Waals surface area contributed by atoms with Gasteiger partial charge < -0.3 is 9.88 Å². The fraction of sp³-hybridized carbons (Fsp3) is 0.615. The molecule has 88 valence electrons. The first-order valence-corrected chi connectivity index (χ1v) is 5.94. The van der Waals surface area contributed by atoms with Gasteiger partial charge in [-0.3, -0.25) is 4.79 Å². The van der Waals surface area contributed by atoms with Crippen LogP contribution < -0.4 is 10.7 Å². The van der Waals surface area contributed by atoms with Crippen LogP contribution in [0.4, 0.5) is 0 Å². The molecule has 3 heteroatoms. The van der Waals surface area contributed by atoms with Gasteiger partial charge in [0.2, 0.25) is 0 Å². The van der Waals surface area contributed by atoms with Crippen molar-refractivity contribution in [1.82, 2.24) is 9.88 Å². The van der Waals surface area contributed by atoms with E-state index < -0.39 is 0 Å². The highest BCUT2D eigenvalue weighted by Gasteiger charge is 2.29. The first kappa shape index (κ1) is 11.4. The van der Waals surface area contributed by atoms with Gasteiger partial charge in [-0.1, -0.05) is 0 Å². The Balaban J connectivity index is 2.50. The smallest absolute Gasteiger partial charge is 0.182 e. The van der Waals surface area contributed by atoms with Gasteiger partial charge in [-0.05, 0) is 46.7 Å². The molecule has 0 spiro atoms. The number of hydrogen-bond donors (Lipinski definition) is 1. The normalized spacial score (nSPS) is 19.7. The Morgan fingerprint density at radius 3 is 2.19 bits per heavy atom. The number of pyridine rings is 1. The maximum absolute atomic E-state index is 11.4. The second-order valence-corrected chi connectivity index (χ2v) is 5.06. The molecule has 2 rings (SSSR count). The van der Waals surface area contributed by atoms with Crippen molar-refractivity contribution in [3.8, 4) is 0 Å². The lowest BCUT2D eigenvalue weighted by Crippen LogP contribution is -2.43. The van der Waals surface area contributed by atoms with E-state index in [9.17, 15) is 4.79 Å². The fourth-order valence-corrected chi connectivity index (χ4v) is 2.90. The number of nitrogens with zero attached hydrogens (tertiary/aromatic N) is 1. The zero-order valence-corrected chi connectivity index (χ0v) is 10.3. The quantitative estimate of drug-likeness (QED) is 0.779. The van der Waals surface area contributed by atoms with Crippen LogP contribution in [0.15, 0.2) is 16.9 Å². The van der Waals surface area contributed by atoms with Crippen molar-refractivity contribution in [2.75, 3.05) is 13.1 Å². The van der Waals surface area contributed by atoms with Crippen molar-refractivity contribution in [3.05, 3.63) is 33.7 Å². The first-order valence-electron chi connectivity index (χ1n) is 5.94.